The van der Waals surface area contributed by atoms with Crippen LogP contribution >= 0.6 is 0 Å². The highest BCUT2D eigenvalue weighted by Gasteiger charge is 2.18. The Bertz CT molecular complexity index is 862. The lowest BCUT2D eigenvalue weighted by Gasteiger charge is -2.26. The van der Waals surface area contributed by atoms with Crippen molar-refractivity contribution in [3.8, 4) is 5.75 Å². The zero-order valence-corrected chi connectivity index (χ0v) is 17.8. The Morgan fingerprint density at radius 3 is 2.53 bits per heavy atom. The Morgan fingerprint density at radius 2 is 1.77 bits per heavy atom. The molecule has 0 saturated carbocycles. The number of anilines is 2. The fourth-order valence-electron chi connectivity index (χ4n) is 3.39. The van der Waals surface area contributed by atoms with Crippen molar-refractivity contribution in [2.75, 3.05) is 30.3 Å². The van der Waals surface area contributed by atoms with Gasteiger partial charge in [-0.1, -0.05) is 19.1 Å². The Morgan fingerprint density at radius 1 is 1.03 bits per heavy atom. The molecule has 2 amide bonds. The molecule has 3 rings (SSSR count). The molecule has 0 radical (unpaired) electrons. The van der Waals surface area contributed by atoms with Gasteiger partial charge in [-0.25, -0.2) is 0 Å². The molecule has 1 unspecified atom stereocenters. The Labute approximate surface area is 178 Å². The van der Waals surface area contributed by atoms with Gasteiger partial charge in [-0.2, -0.15) is 0 Å². The van der Waals surface area contributed by atoms with E-state index in [0.29, 0.717) is 11.3 Å². The van der Waals surface area contributed by atoms with Crippen LogP contribution in [0.3, 0.4) is 0 Å². The van der Waals surface area contributed by atoms with E-state index in [1.165, 1.54) is 6.42 Å². The summed E-state index contributed by atoms with van der Waals surface area (Å²) in [6.07, 6.45) is 4.35. The minimum absolute atomic E-state index is 0.0564. The van der Waals surface area contributed by atoms with E-state index in [9.17, 15) is 9.59 Å². The van der Waals surface area contributed by atoms with Gasteiger partial charge in [0.1, 0.15) is 5.75 Å². The molecule has 0 aliphatic carbocycles. The van der Waals surface area contributed by atoms with E-state index >= 15 is 0 Å². The van der Waals surface area contributed by atoms with E-state index in [4.69, 9.17) is 4.74 Å². The summed E-state index contributed by atoms with van der Waals surface area (Å²) in [5.74, 6) is 0.628. The van der Waals surface area contributed by atoms with Crippen LogP contribution in [0.25, 0.3) is 0 Å². The molecule has 0 spiro atoms. The molecule has 2 aromatic carbocycles. The van der Waals surface area contributed by atoms with Crippen LogP contribution in [0.15, 0.2) is 48.5 Å². The van der Waals surface area contributed by atoms with Gasteiger partial charge in [0.2, 0.25) is 5.91 Å². The molecule has 0 bridgehead atoms. The number of nitrogens with zero attached hydrogens (tertiary/aromatic N) is 1. The van der Waals surface area contributed by atoms with Crippen molar-refractivity contribution >= 4 is 23.2 Å². The van der Waals surface area contributed by atoms with E-state index in [1.54, 1.807) is 0 Å². The first-order valence-electron chi connectivity index (χ1n) is 10.7. The van der Waals surface area contributed by atoms with Crippen LogP contribution in [-0.2, 0) is 4.79 Å². The Kier molecular flexibility index (Phi) is 7.71. The van der Waals surface area contributed by atoms with E-state index < -0.39 is 0 Å². The zero-order chi connectivity index (χ0) is 21.3. The molecule has 1 heterocycles. The predicted molar refractivity (Wildman–Crippen MR) is 120 cm³/mol. The molecular formula is C24H31N3O3. The average Bonchev–Trinajstić information content (AvgIpc) is 2.78. The lowest BCUT2D eigenvalue weighted by Crippen LogP contribution is -2.35. The topological polar surface area (TPSA) is 70.7 Å². The van der Waals surface area contributed by atoms with E-state index in [0.717, 1.165) is 43.8 Å². The van der Waals surface area contributed by atoms with Crippen LogP contribution in [0.1, 0.15) is 49.9 Å². The summed E-state index contributed by atoms with van der Waals surface area (Å²) in [6.45, 7) is 5.82. The molecule has 0 aromatic heterocycles. The van der Waals surface area contributed by atoms with Crippen LogP contribution < -0.4 is 15.4 Å². The number of nitrogens with one attached hydrogen (secondary N) is 2. The number of amides is 2. The maximum absolute atomic E-state index is 12.7. The summed E-state index contributed by atoms with van der Waals surface area (Å²) in [6, 6.07) is 14.7. The summed E-state index contributed by atoms with van der Waals surface area (Å²) in [5, 5.41) is 5.98. The lowest BCUT2D eigenvalue weighted by molar-refractivity contribution is -0.114. The van der Waals surface area contributed by atoms with E-state index in [-0.39, 0.29) is 24.5 Å². The molecule has 30 heavy (non-hydrogen) atoms. The smallest absolute Gasteiger partial charge is 0.253 e. The van der Waals surface area contributed by atoms with Crippen molar-refractivity contribution in [1.29, 1.82) is 0 Å². The fraction of sp³-hybridized carbons (Fsp3) is 0.417. The summed E-state index contributed by atoms with van der Waals surface area (Å²) >= 11 is 0. The number of rotatable bonds is 8. The van der Waals surface area contributed by atoms with Crippen LogP contribution in [0.4, 0.5) is 11.4 Å². The van der Waals surface area contributed by atoms with Crippen LogP contribution in [0.5, 0.6) is 5.75 Å². The number of ether oxygens (including phenoxy) is 1. The van der Waals surface area contributed by atoms with Gasteiger partial charge in [-0.05, 0) is 62.9 Å². The van der Waals surface area contributed by atoms with Gasteiger partial charge in [0, 0.05) is 36.1 Å². The molecular weight excluding hydrogens is 378 g/mol. The second-order valence-electron chi connectivity index (χ2n) is 7.70. The van der Waals surface area contributed by atoms with Gasteiger partial charge in [0.15, 0.2) is 0 Å². The maximum Gasteiger partial charge on any atom is 0.253 e. The predicted octanol–water partition coefficient (Wildman–Crippen LogP) is 4.54. The second-order valence-corrected chi connectivity index (χ2v) is 7.70. The average molecular weight is 410 g/mol. The van der Waals surface area contributed by atoms with Gasteiger partial charge in [0.05, 0.1) is 12.6 Å². The molecule has 6 heteroatoms. The number of benzene rings is 2. The normalized spacial score (nSPS) is 14.7. The van der Waals surface area contributed by atoms with Crippen molar-refractivity contribution < 1.29 is 14.3 Å². The summed E-state index contributed by atoms with van der Waals surface area (Å²) in [4.78, 5) is 26.9. The first-order valence-corrected chi connectivity index (χ1v) is 10.7. The van der Waals surface area contributed by atoms with Crippen molar-refractivity contribution in [3.05, 3.63) is 54.1 Å². The van der Waals surface area contributed by atoms with Gasteiger partial charge in [-0.15, -0.1) is 0 Å². The van der Waals surface area contributed by atoms with E-state index in [1.807, 2.05) is 60.4 Å². The zero-order valence-electron chi connectivity index (χ0n) is 17.8. The highest BCUT2D eigenvalue weighted by atomic mass is 16.5. The van der Waals surface area contributed by atoms with E-state index in [2.05, 4.69) is 17.6 Å². The number of hydrogen-bond donors (Lipinski definition) is 2. The van der Waals surface area contributed by atoms with Crippen LogP contribution in [0.2, 0.25) is 0 Å². The molecule has 1 saturated heterocycles. The Hall–Kier alpha value is -3.02. The number of piperidine rings is 1. The molecule has 6 nitrogen and oxygen atoms in total. The SMILES string of the molecule is CCC(C)Oc1cccc(NC(=O)CNc2cccc(C(=O)N3CCCCC3)c2)c1. The first kappa shape index (κ1) is 21.7. The van der Waals surface area contributed by atoms with Gasteiger partial charge in [0.25, 0.3) is 5.91 Å². The third kappa shape index (κ3) is 6.24. The maximum atomic E-state index is 12.7. The van der Waals surface area contributed by atoms with Crippen molar-refractivity contribution in [1.82, 2.24) is 4.90 Å². The largest absolute Gasteiger partial charge is 0.491 e. The van der Waals surface area contributed by atoms with Crippen molar-refractivity contribution in [2.45, 2.75) is 45.6 Å². The number of likely N-dealkylation sites (tertiary alicyclic amines) is 1. The minimum atomic E-state index is -0.163. The molecule has 2 aromatic rings. The summed E-state index contributed by atoms with van der Waals surface area (Å²) in [5.41, 5.74) is 2.09. The van der Waals surface area contributed by atoms with Crippen LogP contribution in [-0.4, -0.2) is 42.5 Å². The standard InChI is InChI=1S/C24H31N3O3/c1-3-18(2)30-22-12-8-11-21(16-22)26-23(28)17-25-20-10-7-9-19(15-20)24(29)27-13-5-4-6-14-27/h7-12,15-16,18,25H,3-6,13-14,17H2,1-2H3,(H,26,28). The van der Waals surface area contributed by atoms with Gasteiger partial charge >= 0.3 is 0 Å². The highest BCUT2D eigenvalue weighted by Crippen LogP contribution is 2.20. The lowest BCUT2D eigenvalue weighted by atomic mass is 10.1. The number of hydrogen-bond acceptors (Lipinski definition) is 4. The first-order chi connectivity index (χ1) is 14.5. The number of carbonyl (C=O) groups is 2. The molecule has 2 N–H and O–H groups in total. The fourth-order valence-corrected chi connectivity index (χ4v) is 3.39. The second kappa shape index (κ2) is 10.7. The van der Waals surface area contributed by atoms with Gasteiger partial charge < -0.3 is 20.3 Å². The number of carbonyl (C=O) groups excluding carboxylic acids is 2. The Balaban J connectivity index is 1.53. The third-order valence-electron chi connectivity index (χ3n) is 5.24. The monoisotopic (exact) mass is 409 g/mol. The minimum Gasteiger partial charge on any atom is -0.491 e. The summed E-state index contributed by atoms with van der Waals surface area (Å²) in [7, 11) is 0. The third-order valence-corrected chi connectivity index (χ3v) is 5.24. The molecule has 1 aliphatic heterocycles. The molecule has 1 atom stereocenters. The quantitative estimate of drug-likeness (QED) is 0.671. The van der Waals surface area contributed by atoms with Crippen LogP contribution in [0, 0.1) is 0 Å². The molecule has 1 aliphatic rings. The highest BCUT2D eigenvalue weighted by molar-refractivity contribution is 5.96. The van der Waals surface area contributed by atoms with Gasteiger partial charge in [-0.3, -0.25) is 9.59 Å². The molecule has 160 valence electrons. The molecule has 1 fully saturated rings. The van der Waals surface area contributed by atoms with Crippen molar-refractivity contribution in [2.24, 2.45) is 0 Å². The van der Waals surface area contributed by atoms with Crippen molar-refractivity contribution in [3.63, 3.8) is 0 Å². The summed E-state index contributed by atoms with van der Waals surface area (Å²) < 4.78 is 5.80.